The molecule has 1 aromatic heterocycles. The van der Waals surface area contributed by atoms with Crippen LogP contribution in [0.5, 0.6) is 0 Å². The molecule has 4 nitrogen and oxygen atoms in total. The van der Waals surface area contributed by atoms with Crippen LogP contribution in [0.1, 0.15) is 17.4 Å². The molecule has 0 saturated carbocycles. The predicted molar refractivity (Wildman–Crippen MR) is 80.9 cm³/mol. The average Bonchev–Trinajstić information content (AvgIpc) is 2.82. The number of hydrogen-bond donors (Lipinski definition) is 0. The van der Waals surface area contributed by atoms with Crippen LogP contribution in [0.15, 0.2) is 59.5 Å². The summed E-state index contributed by atoms with van der Waals surface area (Å²) < 4.78 is 40.9. The maximum atomic E-state index is 14.5. The summed E-state index contributed by atoms with van der Waals surface area (Å²) >= 11 is 0. The highest BCUT2D eigenvalue weighted by atomic mass is 32.2. The first-order valence-corrected chi connectivity index (χ1v) is 7.99. The molecule has 0 aliphatic carbocycles. The third-order valence-electron chi connectivity index (χ3n) is 3.39. The highest BCUT2D eigenvalue weighted by Gasteiger charge is 2.29. The third-order valence-corrected chi connectivity index (χ3v) is 5.11. The highest BCUT2D eigenvalue weighted by Crippen LogP contribution is 2.29. The third kappa shape index (κ3) is 2.03. The zero-order chi connectivity index (χ0) is 15.9. The second-order valence-electron chi connectivity index (χ2n) is 4.82. The molecule has 0 aliphatic rings. The first kappa shape index (κ1) is 14.5. The Hall–Kier alpha value is -2.47. The number of rotatable bonds is 3. The second kappa shape index (κ2) is 5.06. The van der Waals surface area contributed by atoms with Gasteiger partial charge < -0.3 is 0 Å². The Labute approximate surface area is 126 Å². The normalized spacial score (nSPS) is 11.7. The van der Waals surface area contributed by atoms with Crippen molar-refractivity contribution in [1.29, 1.82) is 0 Å². The summed E-state index contributed by atoms with van der Waals surface area (Å²) in [6.45, 7) is 1.15. The lowest BCUT2D eigenvalue weighted by Gasteiger charge is -2.10. The van der Waals surface area contributed by atoms with Gasteiger partial charge in [0.1, 0.15) is 5.69 Å². The van der Waals surface area contributed by atoms with E-state index in [2.05, 4.69) is 0 Å². The van der Waals surface area contributed by atoms with Crippen LogP contribution < -0.4 is 0 Å². The summed E-state index contributed by atoms with van der Waals surface area (Å²) in [6, 6.07) is 13.8. The Morgan fingerprint density at radius 2 is 1.59 bits per heavy atom. The minimum atomic E-state index is -4.06. The molecule has 2 aromatic carbocycles. The van der Waals surface area contributed by atoms with Crippen molar-refractivity contribution in [3.8, 4) is 0 Å². The number of hydrogen-bond acceptors (Lipinski definition) is 3. The fourth-order valence-corrected chi connectivity index (χ4v) is 4.00. The molecular formula is C16H12FNO3S. The number of carbonyl (C=O) groups is 1. The van der Waals surface area contributed by atoms with E-state index in [1.54, 1.807) is 30.3 Å². The second-order valence-corrected chi connectivity index (χ2v) is 6.61. The van der Waals surface area contributed by atoms with Crippen molar-refractivity contribution in [2.45, 2.75) is 11.8 Å². The molecule has 0 aliphatic heterocycles. The molecule has 0 fully saturated rings. The zero-order valence-electron chi connectivity index (χ0n) is 11.7. The number of para-hydroxylation sites is 1. The summed E-state index contributed by atoms with van der Waals surface area (Å²) in [7, 11) is -4.06. The number of fused-ring (bicyclic) bond motifs is 1. The number of ketones is 1. The van der Waals surface area contributed by atoms with Gasteiger partial charge in [-0.1, -0.05) is 30.3 Å². The van der Waals surface area contributed by atoms with Crippen molar-refractivity contribution in [2.75, 3.05) is 0 Å². The van der Waals surface area contributed by atoms with E-state index in [9.17, 15) is 17.6 Å². The van der Waals surface area contributed by atoms with Gasteiger partial charge in [0.15, 0.2) is 11.6 Å². The number of nitrogens with zero attached hydrogens (tertiary/aromatic N) is 1. The Morgan fingerprint density at radius 3 is 2.23 bits per heavy atom. The van der Waals surface area contributed by atoms with Gasteiger partial charge >= 0.3 is 0 Å². The van der Waals surface area contributed by atoms with Gasteiger partial charge in [0.05, 0.1) is 10.4 Å². The van der Waals surface area contributed by atoms with Crippen molar-refractivity contribution in [1.82, 2.24) is 3.97 Å². The monoisotopic (exact) mass is 317 g/mol. The van der Waals surface area contributed by atoms with E-state index in [1.807, 2.05) is 0 Å². The predicted octanol–water partition coefficient (Wildman–Crippen LogP) is 3.22. The molecule has 0 bridgehead atoms. The van der Waals surface area contributed by atoms with E-state index < -0.39 is 27.3 Å². The molecule has 0 N–H and O–H groups in total. The SMILES string of the molecule is CC(=O)c1c(F)c2ccccc2n1S(=O)(=O)c1ccccc1. The summed E-state index contributed by atoms with van der Waals surface area (Å²) in [6.07, 6.45) is 0. The van der Waals surface area contributed by atoms with Gasteiger partial charge in [0.25, 0.3) is 10.0 Å². The van der Waals surface area contributed by atoms with Crippen LogP contribution in [-0.2, 0) is 10.0 Å². The van der Waals surface area contributed by atoms with Crippen LogP contribution in [0.25, 0.3) is 10.9 Å². The lowest BCUT2D eigenvalue weighted by Crippen LogP contribution is -2.18. The molecule has 6 heteroatoms. The maximum Gasteiger partial charge on any atom is 0.268 e. The molecule has 0 radical (unpaired) electrons. The largest absolute Gasteiger partial charge is 0.293 e. The standard InChI is InChI=1S/C16H12FNO3S/c1-11(19)16-15(17)13-9-5-6-10-14(13)18(16)22(20,21)12-7-3-2-4-8-12/h2-10H,1H3. The van der Waals surface area contributed by atoms with Crippen LogP contribution in [-0.4, -0.2) is 18.2 Å². The Bertz CT molecular complexity index is 975. The summed E-state index contributed by atoms with van der Waals surface area (Å²) in [5.74, 6) is -1.46. The van der Waals surface area contributed by atoms with Gasteiger partial charge in [0.2, 0.25) is 0 Å². The topological polar surface area (TPSA) is 56.1 Å². The van der Waals surface area contributed by atoms with Crippen LogP contribution >= 0.6 is 0 Å². The van der Waals surface area contributed by atoms with E-state index in [1.165, 1.54) is 24.3 Å². The Morgan fingerprint density at radius 1 is 1.00 bits per heavy atom. The number of carbonyl (C=O) groups excluding carboxylic acids is 1. The lowest BCUT2D eigenvalue weighted by molar-refractivity contribution is 0.100. The number of benzene rings is 2. The Kier molecular flexibility index (Phi) is 3.33. The fraction of sp³-hybridized carbons (Fsp3) is 0.0625. The molecule has 3 rings (SSSR count). The van der Waals surface area contributed by atoms with Crippen molar-refractivity contribution < 1.29 is 17.6 Å². The van der Waals surface area contributed by atoms with E-state index >= 15 is 0 Å². The van der Waals surface area contributed by atoms with Crippen molar-refractivity contribution >= 4 is 26.7 Å². The highest BCUT2D eigenvalue weighted by molar-refractivity contribution is 7.90. The zero-order valence-corrected chi connectivity index (χ0v) is 12.5. The van der Waals surface area contributed by atoms with Gasteiger partial charge in [0, 0.05) is 12.3 Å². The van der Waals surface area contributed by atoms with Crippen LogP contribution in [0.2, 0.25) is 0 Å². The van der Waals surface area contributed by atoms with E-state index in [4.69, 9.17) is 0 Å². The maximum absolute atomic E-state index is 14.5. The van der Waals surface area contributed by atoms with Crippen LogP contribution in [0.4, 0.5) is 4.39 Å². The number of aromatic nitrogens is 1. The summed E-state index contributed by atoms with van der Waals surface area (Å²) in [5.41, 5.74) is -0.306. The minimum Gasteiger partial charge on any atom is -0.293 e. The van der Waals surface area contributed by atoms with E-state index in [0.717, 1.165) is 10.9 Å². The average molecular weight is 317 g/mol. The molecule has 0 amide bonds. The molecule has 112 valence electrons. The summed E-state index contributed by atoms with van der Waals surface area (Å²) in [4.78, 5) is 11.8. The minimum absolute atomic E-state index is 0.00162. The number of halogens is 1. The molecule has 0 spiro atoms. The van der Waals surface area contributed by atoms with Crippen molar-refractivity contribution in [3.05, 3.63) is 66.1 Å². The smallest absolute Gasteiger partial charge is 0.268 e. The van der Waals surface area contributed by atoms with Crippen molar-refractivity contribution in [2.24, 2.45) is 0 Å². The van der Waals surface area contributed by atoms with Gasteiger partial charge in [-0.3, -0.25) is 4.79 Å². The fourth-order valence-electron chi connectivity index (χ4n) is 2.42. The van der Waals surface area contributed by atoms with Gasteiger partial charge in [-0.05, 0) is 24.3 Å². The van der Waals surface area contributed by atoms with E-state index in [-0.39, 0.29) is 15.8 Å². The molecule has 3 aromatic rings. The number of Topliss-reactive ketones (excluding diaryl/α,β-unsaturated/α-hetero) is 1. The molecule has 0 unspecified atom stereocenters. The molecule has 0 saturated heterocycles. The Balaban J connectivity index is 2.45. The van der Waals surface area contributed by atoms with Gasteiger partial charge in [-0.25, -0.2) is 16.8 Å². The quantitative estimate of drug-likeness (QED) is 0.697. The van der Waals surface area contributed by atoms with Crippen molar-refractivity contribution in [3.63, 3.8) is 0 Å². The summed E-state index contributed by atoms with van der Waals surface area (Å²) in [5, 5.41) is 0.104. The first-order chi connectivity index (χ1) is 10.4. The molecule has 1 heterocycles. The van der Waals surface area contributed by atoms with Gasteiger partial charge in [-0.15, -0.1) is 0 Å². The molecular weight excluding hydrogens is 305 g/mol. The first-order valence-electron chi connectivity index (χ1n) is 6.55. The lowest BCUT2D eigenvalue weighted by atomic mass is 10.2. The molecule has 22 heavy (non-hydrogen) atoms. The van der Waals surface area contributed by atoms with Crippen LogP contribution in [0, 0.1) is 5.82 Å². The van der Waals surface area contributed by atoms with Gasteiger partial charge in [-0.2, -0.15) is 0 Å². The molecule has 0 atom stereocenters. The van der Waals surface area contributed by atoms with E-state index in [0.29, 0.717) is 0 Å². The van der Waals surface area contributed by atoms with Crippen LogP contribution in [0.3, 0.4) is 0 Å².